The molecule has 2 aromatic heterocycles. The number of alkyl carbamates (subject to hydrolysis) is 1. The monoisotopic (exact) mass is 428 g/mol. The van der Waals surface area contributed by atoms with E-state index in [4.69, 9.17) is 4.74 Å². The molecule has 0 spiro atoms. The summed E-state index contributed by atoms with van der Waals surface area (Å²) < 4.78 is 20.9. The molecule has 11 heteroatoms. The van der Waals surface area contributed by atoms with Crippen LogP contribution in [-0.2, 0) is 11.3 Å². The maximum absolute atomic E-state index is 13.1. The van der Waals surface area contributed by atoms with Crippen molar-refractivity contribution in [2.45, 2.75) is 32.9 Å². The Hall–Kier alpha value is -2.56. The Morgan fingerprint density at radius 3 is 2.69 bits per heavy atom. The van der Waals surface area contributed by atoms with E-state index in [1.165, 1.54) is 23.3 Å². The molecule has 0 unspecified atom stereocenters. The van der Waals surface area contributed by atoms with Gasteiger partial charge < -0.3 is 10.1 Å². The van der Waals surface area contributed by atoms with Crippen LogP contribution in [0.2, 0.25) is 0 Å². The number of rotatable bonds is 5. The number of hydrogen-bond donors (Lipinski definition) is 1. The van der Waals surface area contributed by atoms with E-state index in [0.717, 1.165) is 4.68 Å². The molecular formula is C15H18BrFN6O3. The summed E-state index contributed by atoms with van der Waals surface area (Å²) in [4.78, 5) is 32.0. The minimum Gasteiger partial charge on any atom is -0.444 e. The highest BCUT2D eigenvalue weighted by atomic mass is 79.9. The fourth-order valence-electron chi connectivity index (χ4n) is 1.85. The van der Waals surface area contributed by atoms with Crippen LogP contribution < -0.4 is 11.0 Å². The van der Waals surface area contributed by atoms with Crippen molar-refractivity contribution in [2.24, 2.45) is 0 Å². The third-order valence-electron chi connectivity index (χ3n) is 2.95. The van der Waals surface area contributed by atoms with E-state index in [0.29, 0.717) is 10.9 Å². The Morgan fingerprint density at radius 2 is 2.12 bits per heavy atom. The number of aromatic nitrogens is 5. The molecule has 0 radical (unpaired) electrons. The summed E-state index contributed by atoms with van der Waals surface area (Å²) in [5.74, 6) is 0.280. The second-order valence-corrected chi connectivity index (χ2v) is 7.07. The summed E-state index contributed by atoms with van der Waals surface area (Å²) in [6.45, 7) is 4.89. The fourth-order valence-corrected chi connectivity index (χ4v) is 2.06. The van der Waals surface area contributed by atoms with Gasteiger partial charge in [0.2, 0.25) is 0 Å². The molecule has 2 heterocycles. The minimum atomic E-state index is -0.681. The fraction of sp³-hybridized carbons (Fsp3) is 0.400. The predicted molar refractivity (Wildman–Crippen MR) is 94.5 cm³/mol. The number of hydrogen-bond acceptors (Lipinski definition) is 6. The maximum Gasteiger partial charge on any atom is 0.407 e. The van der Waals surface area contributed by atoms with Crippen LogP contribution in [0.25, 0.3) is 5.82 Å². The SMILES string of the molecule is CC(C)(C)OC(=O)NCC(=CF)Cn1ncn(-c2cnc(Br)cn2)c1=O. The number of halogens is 2. The van der Waals surface area contributed by atoms with Crippen LogP contribution in [0.1, 0.15) is 20.8 Å². The van der Waals surface area contributed by atoms with Gasteiger partial charge in [-0.05, 0) is 42.3 Å². The second-order valence-electron chi connectivity index (χ2n) is 6.26. The molecule has 0 saturated heterocycles. The van der Waals surface area contributed by atoms with Gasteiger partial charge in [-0.1, -0.05) is 0 Å². The molecule has 140 valence electrons. The summed E-state index contributed by atoms with van der Waals surface area (Å²) in [6.07, 6.45) is 3.74. The highest BCUT2D eigenvalue weighted by Gasteiger charge is 2.16. The zero-order valence-electron chi connectivity index (χ0n) is 14.4. The normalized spacial score (nSPS) is 12.1. The van der Waals surface area contributed by atoms with Gasteiger partial charge in [0.05, 0.1) is 25.3 Å². The van der Waals surface area contributed by atoms with Crippen molar-refractivity contribution in [1.29, 1.82) is 0 Å². The average Bonchev–Trinajstić information content (AvgIpc) is 2.91. The number of ether oxygens (including phenoxy) is 1. The van der Waals surface area contributed by atoms with Gasteiger partial charge in [-0.15, -0.1) is 0 Å². The Labute approximate surface area is 157 Å². The minimum absolute atomic E-state index is 0.122. The lowest BCUT2D eigenvalue weighted by Gasteiger charge is -2.19. The summed E-state index contributed by atoms with van der Waals surface area (Å²) in [7, 11) is 0. The molecule has 0 fully saturated rings. The molecule has 9 nitrogen and oxygen atoms in total. The smallest absolute Gasteiger partial charge is 0.407 e. The van der Waals surface area contributed by atoms with E-state index >= 15 is 0 Å². The van der Waals surface area contributed by atoms with Crippen LogP contribution in [0.5, 0.6) is 0 Å². The topological polar surface area (TPSA) is 104 Å². The first kappa shape index (κ1) is 19.8. The van der Waals surface area contributed by atoms with Crippen molar-refractivity contribution >= 4 is 22.0 Å². The van der Waals surface area contributed by atoms with E-state index in [9.17, 15) is 14.0 Å². The third-order valence-corrected chi connectivity index (χ3v) is 3.36. The highest BCUT2D eigenvalue weighted by molar-refractivity contribution is 9.10. The van der Waals surface area contributed by atoms with Gasteiger partial charge in [0.15, 0.2) is 5.82 Å². The largest absolute Gasteiger partial charge is 0.444 e. The predicted octanol–water partition coefficient (Wildman–Crippen LogP) is 1.96. The average molecular weight is 429 g/mol. The van der Waals surface area contributed by atoms with Crippen LogP contribution in [0, 0.1) is 0 Å². The lowest BCUT2D eigenvalue weighted by molar-refractivity contribution is 0.0532. The van der Waals surface area contributed by atoms with Gasteiger partial charge >= 0.3 is 11.8 Å². The molecule has 2 rings (SSSR count). The van der Waals surface area contributed by atoms with Crippen molar-refractivity contribution < 1.29 is 13.9 Å². The number of nitrogens with one attached hydrogen (secondary N) is 1. The zero-order chi connectivity index (χ0) is 19.3. The van der Waals surface area contributed by atoms with E-state index in [-0.39, 0.29) is 24.5 Å². The molecule has 1 N–H and O–H groups in total. The van der Waals surface area contributed by atoms with Gasteiger partial charge in [-0.2, -0.15) is 5.10 Å². The van der Waals surface area contributed by atoms with Crippen molar-refractivity contribution in [3.8, 4) is 5.82 Å². The molecule has 26 heavy (non-hydrogen) atoms. The van der Waals surface area contributed by atoms with Crippen LogP contribution in [0.3, 0.4) is 0 Å². The van der Waals surface area contributed by atoms with Crippen molar-refractivity contribution in [3.05, 3.63) is 45.7 Å². The van der Waals surface area contributed by atoms with Crippen molar-refractivity contribution in [2.75, 3.05) is 6.54 Å². The molecule has 0 bridgehead atoms. The molecule has 0 aliphatic heterocycles. The molecule has 0 saturated carbocycles. The van der Waals surface area contributed by atoms with Gasteiger partial charge in [-0.25, -0.2) is 33.2 Å². The van der Waals surface area contributed by atoms with Crippen LogP contribution in [0.4, 0.5) is 9.18 Å². The number of carbonyl (C=O) groups is 1. The summed E-state index contributed by atoms with van der Waals surface area (Å²) in [5, 5.41) is 6.35. The second kappa shape index (κ2) is 8.21. The molecule has 0 aliphatic rings. The Morgan fingerprint density at radius 1 is 1.38 bits per heavy atom. The first-order chi connectivity index (χ1) is 12.2. The number of nitrogens with zero attached hydrogens (tertiary/aromatic N) is 5. The standard InChI is InChI=1S/C15H18BrFN6O3/c1-15(2,3)26-13(24)20-5-10(4-17)8-23-14(25)22(9-21-23)12-7-18-11(16)6-19-12/h4,6-7,9H,5,8H2,1-3H3,(H,20,24). The lowest BCUT2D eigenvalue weighted by Crippen LogP contribution is -2.34. The zero-order valence-corrected chi connectivity index (χ0v) is 16.0. The third kappa shape index (κ3) is 5.48. The Kier molecular flexibility index (Phi) is 6.24. The molecular weight excluding hydrogens is 411 g/mol. The molecule has 0 aliphatic carbocycles. The molecule has 1 amide bonds. The van der Waals surface area contributed by atoms with Crippen LogP contribution in [-0.4, -0.2) is 42.6 Å². The van der Waals surface area contributed by atoms with Gasteiger partial charge in [0.1, 0.15) is 16.5 Å². The van der Waals surface area contributed by atoms with E-state index in [1.54, 1.807) is 20.8 Å². The number of carbonyl (C=O) groups excluding carboxylic acids is 1. The Bertz CT molecular complexity index is 854. The number of amides is 1. The highest BCUT2D eigenvalue weighted by Crippen LogP contribution is 2.07. The van der Waals surface area contributed by atoms with E-state index in [2.05, 4.69) is 36.3 Å². The quantitative estimate of drug-likeness (QED) is 0.780. The molecule has 0 atom stereocenters. The lowest BCUT2D eigenvalue weighted by atomic mass is 10.2. The summed E-state index contributed by atoms with van der Waals surface area (Å²) >= 11 is 3.16. The van der Waals surface area contributed by atoms with Crippen molar-refractivity contribution in [3.63, 3.8) is 0 Å². The molecule has 2 aromatic rings. The summed E-state index contributed by atoms with van der Waals surface area (Å²) in [5.41, 5.74) is -1.03. The maximum atomic E-state index is 13.1. The van der Waals surface area contributed by atoms with Crippen molar-refractivity contribution in [1.82, 2.24) is 29.6 Å². The van der Waals surface area contributed by atoms with E-state index in [1.807, 2.05) is 0 Å². The van der Waals surface area contributed by atoms with E-state index < -0.39 is 17.4 Å². The van der Waals surface area contributed by atoms with Gasteiger partial charge in [0, 0.05) is 6.54 Å². The molecule has 0 aromatic carbocycles. The Balaban J connectivity index is 2.04. The van der Waals surface area contributed by atoms with Gasteiger partial charge in [0.25, 0.3) is 0 Å². The first-order valence-corrected chi connectivity index (χ1v) is 8.36. The van der Waals surface area contributed by atoms with Crippen LogP contribution in [0.15, 0.2) is 40.0 Å². The summed E-state index contributed by atoms with van der Waals surface area (Å²) in [6, 6.07) is 0. The van der Waals surface area contributed by atoms with Crippen LogP contribution >= 0.6 is 15.9 Å². The van der Waals surface area contributed by atoms with Gasteiger partial charge in [-0.3, -0.25) is 0 Å². The first-order valence-electron chi connectivity index (χ1n) is 7.57.